The summed E-state index contributed by atoms with van der Waals surface area (Å²) in [5, 5.41) is 0. The largest absolute Gasteiger partial charge is 0.493 e. The molecule has 1 aliphatic rings. The fraction of sp³-hybridized carbons (Fsp3) is 0.400. The van der Waals surface area contributed by atoms with E-state index in [1.54, 1.807) is 0 Å². The molecule has 0 radical (unpaired) electrons. The van der Waals surface area contributed by atoms with Crippen molar-refractivity contribution in [1.29, 1.82) is 0 Å². The highest BCUT2D eigenvalue weighted by molar-refractivity contribution is 5.85. The number of piperidine rings is 1. The minimum atomic E-state index is 0. The van der Waals surface area contributed by atoms with Crippen LogP contribution in [-0.4, -0.2) is 30.6 Å². The first-order chi connectivity index (χ1) is 11.3. The second kappa shape index (κ2) is 11.4. The van der Waals surface area contributed by atoms with Crippen molar-refractivity contribution in [3.63, 3.8) is 0 Å². The van der Waals surface area contributed by atoms with E-state index in [2.05, 4.69) is 53.4 Å². The van der Waals surface area contributed by atoms with E-state index in [0.717, 1.165) is 38.2 Å². The molecule has 0 saturated carbocycles. The van der Waals surface area contributed by atoms with Gasteiger partial charge in [0.1, 0.15) is 5.75 Å². The average molecular weight is 383 g/mol. The van der Waals surface area contributed by atoms with Crippen LogP contribution in [0.5, 0.6) is 5.75 Å². The van der Waals surface area contributed by atoms with Gasteiger partial charge in [-0.25, -0.2) is 0 Å². The van der Waals surface area contributed by atoms with Crippen LogP contribution in [-0.2, 0) is 13.0 Å². The number of halogens is 2. The molecule has 3 rings (SSSR count). The summed E-state index contributed by atoms with van der Waals surface area (Å²) >= 11 is 0. The Morgan fingerprint density at radius 3 is 2.36 bits per heavy atom. The van der Waals surface area contributed by atoms with Crippen LogP contribution in [0.2, 0.25) is 0 Å². The predicted octanol–water partition coefficient (Wildman–Crippen LogP) is 4.07. The quantitative estimate of drug-likeness (QED) is 0.817. The number of hydrogen-bond acceptors (Lipinski definition) is 3. The zero-order valence-electron chi connectivity index (χ0n) is 14.5. The molecule has 0 aromatic heterocycles. The normalized spacial score (nSPS) is 17.2. The van der Waals surface area contributed by atoms with Crippen LogP contribution in [0, 0.1) is 0 Å². The molecule has 1 atom stereocenters. The van der Waals surface area contributed by atoms with Gasteiger partial charge in [0.2, 0.25) is 0 Å². The maximum Gasteiger partial charge on any atom is 0.119 e. The van der Waals surface area contributed by atoms with Crippen LogP contribution in [0.15, 0.2) is 54.6 Å². The van der Waals surface area contributed by atoms with Crippen molar-refractivity contribution in [2.75, 3.05) is 19.7 Å². The zero-order valence-corrected chi connectivity index (χ0v) is 16.1. The maximum atomic E-state index is 6.04. The molecule has 0 amide bonds. The second-order valence-electron chi connectivity index (χ2n) is 6.37. The molecule has 5 heteroatoms. The molecule has 0 spiro atoms. The second-order valence-corrected chi connectivity index (χ2v) is 6.37. The Balaban J connectivity index is 0.00000156. The van der Waals surface area contributed by atoms with Gasteiger partial charge in [-0.3, -0.25) is 4.90 Å². The lowest BCUT2D eigenvalue weighted by atomic mass is 10.1. The van der Waals surface area contributed by atoms with Crippen LogP contribution in [0.4, 0.5) is 0 Å². The van der Waals surface area contributed by atoms with E-state index in [1.807, 2.05) is 6.07 Å². The minimum absolute atomic E-state index is 0. The number of ether oxygens (including phenoxy) is 1. The monoisotopic (exact) mass is 382 g/mol. The molecule has 0 aliphatic carbocycles. The molecule has 0 bridgehead atoms. The first-order valence-electron chi connectivity index (χ1n) is 8.53. The molecule has 25 heavy (non-hydrogen) atoms. The molecule has 1 aliphatic heterocycles. The summed E-state index contributed by atoms with van der Waals surface area (Å²) < 4.78 is 5.84. The lowest BCUT2D eigenvalue weighted by Crippen LogP contribution is -2.42. The third-order valence-electron chi connectivity index (χ3n) is 4.37. The summed E-state index contributed by atoms with van der Waals surface area (Å²) in [6.45, 7) is 3.86. The Kier molecular flexibility index (Phi) is 9.91. The molecule has 2 N–H and O–H groups in total. The first kappa shape index (κ1) is 21.8. The Morgan fingerprint density at radius 1 is 0.960 bits per heavy atom. The van der Waals surface area contributed by atoms with Crippen LogP contribution < -0.4 is 10.5 Å². The fourth-order valence-electron chi connectivity index (χ4n) is 3.12. The van der Waals surface area contributed by atoms with Gasteiger partial charge in [-0.05, 0) is 42.6 Å². The standard InChI is InChI=1S/C20H26N2O.2ClH/c21-19-7-4-13-22(16-19)15-18-8-10-20(11-9-18)23-14-12-17-5-2-1-3-6-17;;/h1-3,5-6,8-11,19H,4,7,12-16,21H2;2*1H. The molecule has 1 heterocycles. The van der Waals surface area contributed by atoms with E-state index >= 15 is 0 Å². The Bertz CT molecular complexity index is 592. The van der Waals surface area contributed by atoms with Crippen LogP contribution in [0.3, 0.4) is 0 Å². The minimum Gasteiger partial charge on any atom is -0.493 e. The van der Waals surface area contributed by atoms with Crippen molar-refractivity contribution in [1.82, 2.24) is 4.90 Å². The van der Waals surface area contributed by atoms with Crippen molar-refractivity contribution >= 4 is 24.8 Å². The highest BCUT2D eigenvalue weighted by Gasteiger charge is 2.16. The Labute approximate surface area is 163 Å². The van der Waals surface area contributed by atoms with Gasteiger partial charge >= 0.3 is 0 Å². The molecule has 2 aromatic carbocycles. The van der Waals surface area contributed by atoms with Crippen molar-refractivity contribution in [3.05, 3.63) is 65.7 Å². The molecule has 138 valence electrons. The SMILES string of the molecule is Cl.Cl.NC1CCCN(Cc2ccc(OCCc3ccccc3)cc2)C1. The fourth-order valence-corrected chi connectivity index (χ4v) is 3.12. The van der Waals surface area contributed by atoms with Gasteiger partial charge in [-0.1, -0.05) is 42.5 Å². The summed E-state index contributed by atoms with van der Waals surface area (Å²) in [6.07, 6.45) is 3.31. The van der Waals surface area contributed by atoms with Crippen molar-refractivity contribution in [2.45, 2.75) is 31.8 Å². The molecular weight excluding hydrogens is 355 g/mol. The summed E-state index contributed by atoms with van der Waals surface area (Å²) in [7, 11) is 0. The van der Waals surface area contributed by atoms with Crippen molar-refractivity contribution < 1.29 is 4.74 Å². The van der Waals surface area contributed by atoms with Gasteiger partial charge in [0, 0.05) is 25.6 Å². The summed E-state index contributed by atoms with van der Waals surface area (Å²) in [5.41, 5.74) is 8.68. The topological polar surface area (TPSA) is 38.5 Å². The van der Waals surface area contributed by atoms with Crippen LogP contribution in [0.1, 0.15) is 24.0 Å². The first-order valence-corrected chi connectivity index (χ1v) is 8.53. The highest BCUT2D eigenvalue weighted by atomic mass is 35.5. The summed E-state index contributed by atoms with van der Waals surface area (Å²) in [6, 6.07) is 19.3. The van der Waals surface area contributed by atoms with Gasteiger partial charge in [-0.15, -0.1) is 24.8 Å². The highest BCUT2D eigenvalue weighted by Crippen LogP contribution is 2.16. The predicted molar refractivity (Wildman–Crippen MR) is 109 cm³/mol. The van der Waals surface area contributed by atoms with E-state index in [0.29, 0.717) is 12.6 Å². The molecule has 1 saturated heterocycles. The van der Waals surface area contributed by atoms with Crippen molar-refractivity contribution in [3.8, 4) is 5.75 Å². The van der Waals surface area contributed by atoms with E-state index < -0.39 is 0 Å². The molecule has 3 nitrogen and oxygen atoms in total. The molecule has 2 aromatic rings. The molecule has 1 fully saturated rings. The number of benzene rings is 2. The number of nitrogens with two attached hydrogens (primary N) is 1. The van der Waals surface area contributed by atoms with Crippen LogP contribution >= 0.6 is 24.8 Å². The summed E-state index contributed by atoms with van der Waals surface area (Å²) in [4.78, 5) is 2.44. The van der Waals surface area contributed by atoms with Crippen molar-refractivity contribution in [2.24, 2.45) is 5.73 Å². The van der Waals surface area contributed by atoms with Gasteiger partial charge in [-0.2, -0.15) is 0 Å². The maximum absolute atomic E-state index is 6.04. The Hall–Kier alpha value is -1.26. The molecular formula is C20H28Cl2N2O. The van der Waals surface area contributed by atoms with Gasteiger partial charge in [0.05, 0.1) is 6.61 Å². The van der Waals surface area contributed by atoms with E-state index in [4.69, 9.17) is 10.5 Å². The van der Waals surface area contributed by atoms with Gasteiger partial charge in [0.25, 0.3) is 0 Å². The van der Waals surface area contributed by atoms with E-state index in [-0.39, 0.29) is 24.8 Å². The number of nitrogens with zero attached hydrogens (tertiary/aromatic N) is 1. The Morgan fingerprint density at radius 2 is 1.68 bits per heavy atom. The van der Waals surface area contributed by atoms with E-state index in [1.165, 1.54) is 17.5 Å². The summed E-state index contributed by atoms with van der Waals surface area (Å²) in [5.74, 6) is 0.944. The van der Waals surface area contributed by atoms with Gasteiger partial charge < -0.3 is 10.5 Å². The molecule has 1 unspecified atom stereocenters. The zero-order chi connectivity index (χ0) is 15.9. The lowest BCUT2D eigenvalue weighted by Gasteiger charge is -2.30. The number of hydrogen-bond donors (Lipinski definition) is 1. The van der Waals surface area contributed by atoms with Gasteiger partial charge in [0.15, 0.2) is 0 Å². The third-order valence-corrected chi connectivity index (χ3v) is 4.37. The smallest absolute Gasteiger partial charge is 0.119 e. The third kappa shape index (κ3) is 7.25. The average Bonchev–Trinajstić information content (AvgIpc) is 2.58. The van der Waals surface area contributed by atoms with E-state index in [9.17, 15) is 0 Å². The number of likely N-dealkylation sites (tertiary alicyclic amines) is 1. The van der Waals surface area contributed by atoms with Crippen LogP contribution in [0.25, 0.3) is 0 Å². The number of rotatable bonds is 6. The lowest BCUT2D eigenvalue weighted by molar-refractivity contribution is 0.201.